The van der Waals surface area contributed by atoms with Crippen molar-refractivity contribution in [3.63, 3.8) is 0 Å². The number of halogens is 3. The molecule has 0 aliphatic rings. The van der Waals surface area contributed by atoms with Crippen LogP contribution in [0.3, 0.4) is 0 Å². The van der Waals surface area contributed by atoms with E-state index in [0.29, 0.717) is 17.1 Å². The van der Waals surface area contributed by atoms with Gasteiger partial charge >= 0.3 is 0 Å². The summed E-state index contributed by atoms with van der Waals surface area (Å²) in [6, 6.07) is 8.23. The minimum absolute atomic E-state index is 0.227. The maximum Gasteiger partial charge on any atom is 0.252 e. The van der Waals surface area contributed by atoms with Gasteiger partial charge in [-0.2, -0.15) is 0 Å². The molecule has 0 saturated carbocycles. The number of imidazole rings is 1. The SMILES string of the molecule is COc1c(Cl)cc(C(=O)N[C@H](c2ccc(F)cc2)c2nccn2C)cc1Cl. The lowest BCUT2D eigenvalue weighted by atomic mass is 10.0. The van der Waals surface area contributed by atoms with Crippen LogP contribution in [0.15, 0.2) is 48.8 Å². The van der Waals surface area contributed by atoms with Crippen LogP contribution >= 0.6 is 23.2 Å². The summed E-state index contributed by atoms with van der Waals surface area (Å²) in [6.45, 7) is 0. The molecule has 5 nitrogen and oxygen atoms in total. The van der Waals surface area contributed by atoms with Crippen LogP contribution in [0, 0.1) is 5.82 Å². The molecule has 0 aliphatic carbocycles. The van der Waals surface area contributed by atoms with Crippen LogP contribution in [0.1, 0.15) is 27.8 Å². The average molecular weight is 408 g/mol. The molecule has 1 N–H and O–H groups in total. The normalized spacial score (nSPS) is 11.9. The van der Waals surface area contributed by atoms with Gasteiger partial charge in [0.05, 0.1) is 17.2 Å². The zero-order chi connectivity index (χ0) is 19.6. The van der Waals surface area contributed by atoms with Crippen molar-refractivity contribution in [2.45, 2.75) is 6.04 Å². The van der Waals surface area contributed by atoms with Gasteiger partial charge in [0.1, 0.15) is 17.7 Å². The third-order valence-electron chi connectivity index (χ3n) is 4.06. The van der Waals surface area contributed by atoms with Crippen LogP contribution in [0.4, 0.5) is 4.39 Å². The van der Waals surface area contributed by atoms with E-state index >= 15 is 0 Å². The summed E-state index contributed by atoms with van der Waals surface area (Å²) in [5, 5.41) is 3.36. The molecule has 8 heteroatoms. The molecular weight excluding hydrogens is 392 g/mol. The quantitative estimate of drug-likeness (QED) is 0.681. The zero-order valence-corrected chi connectivity index (χ0v) is 16.1. The second-order valence-corrected chi connectivity index (χ2v) is 6.64. The van der Waals surface area contributed by atoms with E-state index in [1.54, 1.807) is 29.1 Å². The molecule has 140 valence electrons. The Morgan fingerprint density at radius 2 is 1.85 bits per heavy atom. The number of aryl methyl sites for hydroxylation is 1. The first-order valence-corrected chi connectivity index (χ1v) is 8.73. The number of carbonyl (C=O) groups excluding carboxylic acids is 1. The Balaban J connectivity index is 1.96. The van der Waals surface area contributed by atoms with E-state index in [2.05, 4.69) is 10.3 Å². The van der Waals surface area contributed by atoms with Crippen molar-refractivity contribution in [1.29, 1.82) is 0 Å². The molecule has 0 spiro atoms. The third kappa shape index (κ3) is 4.07. The molecule has 27 heavy (non-hydrogen) atoms. The van der Waals surface area contributed by atoms with Crippen molar-refractivity contribution in [1.82, 2.24) is 14.9 Å². The monoisotopic (exact) mass is 407 g/mol. The first-order chi connectivity index (χ1) is 12.9. The van der Waals surface area contributed by atoms with Crippen LogP contribution < -0.4 is 10.1 Å². The highest BCUT2D eigenvalue weighted by molar-refractivity contribution is 6.37. The van der Waals surface area contributed by atoms with Crippen molar-refractivity contribution in [2.75, 3.05) is 7.11 Å². The minimum Gasteiger partial charge on any atom is -0.494 e. The molecule has 3 aromatic rings. The second kappa shape index (κ2) is 7.98. The Hall–Kier alpha value is -2.57. The molecule has 0 aliphatic heterocycles. The van der Waals surface area contributed by atoms with Gasteiger partial charge in [0, 0.05) is 25.0 Å². The van der Waals surface area contributed by atoms with Crippen molar-refractivity contribution < 1.29 is 13.9 Å². The molecule has 1 amide bonds. The van der Waals surface area contributed by atoms with Gasteiger partial charge in [0.25, 0.3) is 5.91 Å². The van der Waals surface area contributed by atoms with Gasteiger partial charge in [-0.15, -0.1) is 0 Å². The Morgan fingerprint density at radius 1 is 1.22 bits per heavy atom. The Bertz CT molecular complexity index is 950. The number of ether oxygens (including phenoxy) is 1. The summed E-state index contributed by atoms with van der Waals surface area (Å²) in [4.78, 5) is 17.1. The fourth-order valence-electron chi connectivity index (χ4n) is 2.71. The molecule has 1 aromatic heterocycles. The van der Waals surface area contributed by atoms with Crippen LogP contribution in [0.25, 0.3) is 0 Å². The van der Waals surface area contributed by atoms with Crippen LogP contribution in [0.2, 0.25) is 10.0 Å². The number of nitrogens with zero attached hydrogens (tertiary/aromatic N) is 2. The maximum atomic E-state index is 13.3. The minimum atomic E-state index is -0.585. The molecule has 1 atom stereocenters. The zero-order valence-electron chi connectivity index (χ0n) is 14.5. The molecule has 2 aromatic carbocycles. The number of amides is 1. The number of aromatic nitrogens is 2. The fourth-order valence-corrected chi connectivity index (χ4v) is 3.35. The molecule has 0 saturated heterocycles. The Morgan fingerprint density at radius 3 is 2.37 bits per heavy atom. The van der Waals surface area contributed by atoms with Crippen molar-refractivity contribution in [2.24, 2.45) is 7.05 Å². The van der Waals surface area contributed by atoms with Crippen LogP contribution in [-0.4, -0.2) is 22.6 Å². The summed E-state index contributed by atoms with van der Waals surface area (Å²) in [6.07, 6.45) is 3.39. The molecule has 0 bridgehead atoms. The highest BCUT2D eigenvalue weighted by Gasteiger charge is 2.22. The summed E-state index contributed by atoms with van der Waals surface area (Å²) < 4.78 is 20.2. The first-order valence-electron chi connectivity index (χ1n) is 7.97. The van der Waals surface area contributed by atoms with Gasteiger partial charge in [-0.1, -0.05) is 35.3 Å². The Kier molecular flexibility index (Phi) is 5.68. The lowest BCUT2D eigenvalue weighted by Crippen LogP contribution is -2.31. The number of benzene rings is 2. The first kappa shape index (κ1) is 19.2. The van der Waals surface area contributed by atoms with Gasteiger partial charge in [0.15, 0.2) is 5.75 Å². The molecule has 0 unspecified atom stereocenters. The number of hydrogen-bond donors (Lipinski definition) is 1. The third-order valence-corrected chi connectivity index (χ3v) is 4.62. The number of carbonyl (C=O) groups is 1. The van der Waals surface area contributed by atoms with E-state index in [1.807, 2.05) is 7.05 Å². The number of rotatable bonds is 5. The van der Waals surface area contributed by atoms with E-state index in [1.165, 1.54) is 31.4 Å². The van der Waals surface area contributed by atoms with Crippen LogP contribution in [-0.2, 0) is 7.05 Å². The predicted molar refractivity (Wildman–Crippen MR) is 102 cm³/mol. The number of hydrogen-bond acceptors (Lipinski definition) is 3. The van der Waals surface area contributed by atoms with Crippen molar-refractivity contribution in [3.8, 4) is 5.75 Å². The van der Waals surface area contributed by atoms with Gasteiger partial charge < -0.3 is 14.6 Å². The fraction of sp³-hybridized carbons (Fsp3) is 0.158. The lowest BCUT2D eigenvalue weighted by molar-refractivity contribution is 0.0941. The van der Waals surface area contributed by atoms with E-state index in [-0.39, 0.29) is 21.4 Å². The summed E-state index contributed by atoms with van der Waals surface area (Å²) in [7, 11) is 3.25. The molecule has 0 fully saturated rings. The van der Waals surface area contributed by atoms with Gasteiger partial charge in [-0.05, 0) is 29.8 Å². The second-order valence-electron chi connectivity index (χ2n) is 5.83. The smallest absolute Gasteiger partial charge is 0.252 e. The summed E-state index contributed by atoms with van der Waals surface area (Å²) in [5.41, 5.74) is 0.955. The summed E-state index contributed by atoms with van der Waals surface area (Å²) >= 11 is 12.3. The van der Waals surface area contributed by atoms with Crippen molar-refractivity contribution in [3.05, 3.63) is 81.6 Å². The summed E-state index contributed by atoms with van der Waals surface area (Å²) in [5.74, 6) is 0.130. The predicted octanol–water partition coefficient (Wildman–Crippen LogP) is 4.39. The van der Waals surface area contributed by atoms with E-state index in [4.69, 9.17) is 27.9 Å². The van der Waals surface area contributed by atoms with Crippen LogP contribution in [0.5, 0.6) is 5.75 Å². The average Bonchev–Trinajstić information content (AvgIpc) is 3.06. The van der Waals surface area contributed by atoms with Crippen molar-refractivity contribution >= 4 is 29.1 Å². The molecule has 1 heterocycles. The highest BCUT2D eigenvalue weighted by Crippen LogP contribution is 2.34. The van der Waals surface area contributed by atoms with E-state index in [9.17, 15) is 9.18 Å². The van der Waals surface area contributed by atoms with Gasteiger partial charge in [-0.25, -0.2) is 9.37 Å². The van der Waals surface area contributed by atoms with Gasteiger partial charge in [0.2, 0.25) is 0 Å². The molecular formula is C19H16Cl2FN3O2. The maximum absolute atomic E-state index is 13.3. The number of nitrogens with one attached hydrogen (secondary N) is 1. The molecule has 0 radical (unpaired) electrons. The Labute approximate surface area is 165 Å². The molecule has 3 rings (SSSR count). The lowest BCUT2D eigenvalue weighted by Gasteiger charge is -2.19. The largest absolute Gasteiger partial charge is 0.494 e. The number of methoxy groups -OCH3 is 1. The van der Waals surface area contributed by atoms with Gasteiger partial charge in [-0.3, -0.25) is 4.79 Å². The highest BCUT2D eigenvalue weighted by atomic mass is 35.5. The van der Waals surface area contributed by atoms with E-state index < -0.39 is 11.9 Å². The van der Waals surface area contributed by atoms with E-state index in [0.717, 1.165) is 0 Å². The topological polar surface area (TPSA) is 56.1 Å². The standard InChI is InChI=1S/C19H16Cl2FN3O2/c1-25-8-7-23-18(25)16(11-3-5-13(22)6-4-11)24-19(26)12-9-14(20)17(27-2)15(21)10-12/h3-10,16H,1-2H3,(H,24,26)/t16-/m1/s1.